The summed E-state index contributed by atoms with van der Waals surface area (Å²) in [6, 6.07) is 8.28. The van der Waals surface area contributed by atoms with Gasteiger partial charge >= 0.3 is 0 Å². The topological polar surface area (TPSA) is 29.3 Å². The van der Waals surface area contributed by atoms with Crippen LogP contribution in [0.1, 0.15) is 65.2 Å². The Morgan fingerprint density at radius 3 is 2.20 bits per heavy atom. The van der Waals surface area contributed by atoms with Crippen molar-refractivity contribution < 1.29 is 0 Å². The van der Waals surface area contributed by atoms with Crippen LogP contribution in [0.2, 0.25) is 0 Å². The van der Waals surface area contributed by atoms with Crippen LogP contribution in [-0.4, -0.2) is 13.1 Å². The molecule has 0 aliphatic heterocycles. The molecule has 0 amide bonds. The molecule has 2 nitrogen and oxygen atoms in total. The van der Waals surface area contributed by atoms with E-state index in [4.69, 9.17) is 5.73 Å². The summed E-state index contributed by atoms with van der Waals surface area (Å²) >= 11 is 0. The van der Waals surface area contributed by atoms with Crippen molar-refractivity contribution in [3.05, 3.63) is 24.3 Å². The number of nitrogens with two attached hydrogens (primary N) is 1. The van der Waals surface area contributed by atoms with Gasteiger partial charge in [-0.25, -0.2) is 0 Å². The minimum absolute atomic E-state index is 0.864. The third-order valence-corrected chi connectivity index (χ3v) is 3.76. The largest absolute Gasteiger partial charge is 0.399 e. The van der Waals surface area contributed by atoms with Crippen molar-refractivity contribution in [3.63, 3.8) is 0 Å². The Kier molecular flexibility index (Phi) is 8.93. The molecule has 0 aliphatic rings. The van der Waals surface area contributed by atoms with E-state index in [1.54, 1.807) is 0 Å². The summed E-state index contributed by atoms with van der Waals surface area (Å²) < 4.78 is 0. The van der Waals surface area contributed by atoms with E-state index in [2.05, 4.69) is 36.9 Å². The monoisotopic (exact) mass is 276 g/mol. The molecule has 2 heteroatoms. The second-order valence-corrected chi connectivity index (χ2v) is 5.70. The lowest BCUT2D eigenvalue weighted by atomic mass is 10.1. The zero-order chi connectivity index (χ0) is 14.6. The Bertz CT molecular complexity index is 349. The Hall–Kier alpha value is -1.18. The molecule has 1 aromatic rings. The molecule has 0 atom stereocenters. The third kappa shape index (κ3) is 6.83. The predicted octanol–water partition coefficient (Wildman–Crippen LogP) is 5.24. The summed E-state index contributed by atoms with van der Waals surface area (Å²) in [5.41, 5.74) is 8.03. The van der Waals surface area contributed by atoms with Crippen LogP contribution in [0.15, 0.2) is 24.3 Å². The van der Waals surface area contributed by atoms with E-state index in [9.17, 15) is 0 Å². The SMILES string of the molecule is CCCCCCCCCN(CCC)c1cccc(N)c1. The van der Waals surface area contributed by atoms with Crippen LogP contribution in [0.4, 0.5) is 11.4 Å². The zero-order valence-corrected chi connectivity index (χ0v) is 13.4. The van der Waals surface area contributed by atoms with Gasteiger partial charge in [0.2, 0.25) is 0 Å². The second kappa shape index (κ2) is 10.6. The van der Waals surface area contributed by atoms with E-state index >= 15 is 0 Å². The summed E-state index contributed by atoms with van der Waals surface area (Å²) in [6.45, 7) is 6.79. The molecule has 2 N–H and O–H groups in total. The Labute approximate surface area is 125 Å². The van der Waals surface area contributed by atoms with Crippen molar-refractivity contribution in [3.8, 4) is 0 Å². The Morgan fingerprint density at radius 2 is 1.55 bits per heavy atom. The summed E-state index contributed by atoms with van der Waals surface area (Å²) in [7, 11) is 0. The zero-order valence-electron chi connectivity index (χ0n) is 13.4. The van der Waals surface area contributed by atoms with Crippen LogP contribution in [0.3, 0.4) is 0 Å². The number of nitrogens with zero attached hydrogens (tertiary/aromatic N) is 1. The van der Waals surface area contributed by atoms with Gasteiger partial charge in [-0.3, -0.25) is 0 Å². The molecule has 20 heavy (non-hydrogen) atoms. The van der Waals surface area contributed by atoms with E-state index in [0.717, 1.165) is 18.8 Å². The van der Waals surface area contributed by atoms with Crippen LogP contribution in [-0.2, 0) is 0 Å². The highest BCUT2D eigenvalue weighted by Crippen LogP contribution is 2.19. The van der Waals surface area contributed by atoms with Gasteiger partial charge < -0.3 is 10.6 Å². The highest BCUT2D eigenvalue weighted by molar-refractivity contribution is 5.55. The lowest BCUT2D eigenvalue weighted by molar-refractivity contribution is 0.582. The quantitative estimate of drug-likeness (QED) is 0.442. The molecule has 114 valence electrons. The molecule has 0 bridgehead atoms. The van der Waals surface area contributed by atoms with Crippen LogP contribution in [0.25, 0.3) is 0 Å². The van der Waals surface area contributed by atoms with Gasteiger partial charge in [0.25, 0.3) is 0 Å². The van der Waals surface area contributed by atoms with Crippen LogP contribution in [0.5, 0.6) is 0 Å². The summed E-state index contributed by atoms with van der Waals surface area (Å²) in [4.78, 5) is 2.47. The lowest BCUT2D eigenvalue weighted by Crippen LogP contribution is -2.25. The van der Waals surface area contributed by atoms with E-state index < -0.39 is 0 Å². The normalized spacial score (nSPS) is 10.7. The fourth-order valence-electron chi connectivity index (χ4n) is 2.62. The highest BCUT2D eigenvalue weighted by atomic mass is 15.1. The molecular formula is C18H32N2. The van der Waals surface area contributed by atoms with Crippen molar-refractivity contribution in [1.29, 1.82) is 0 Å². The standard InChI is InChI=1S/C18H32N2/c1-3-5-6-7-8-9-10-15-20(14-4-2)18-13-11-12-17(19)16-18/h11-13,16H,3-10,14-15,19H2,1-2H3. The van der Waals surface area contributed by atoms with Gasteiger partial charge in [0.1, 0.15) is 0 Å². The van der Waals surface area contributed by atoms with Gasteiger partial charge in [-0.1, -0.05) is 58.4 Å². The van der Waals surface area contributed by atoms with Gasteiger partial charge in [0.15, 0.2) is 0 Å². The van der Waals surface area contributed by atoms with Gasteiger partial charge in [-0.15, -0.1) is 0 Å². The smallest absolute Gasteiger partial charge is 0.0386 e. The maximum Gasteiger partial charge on any atom is 0.0386 e. The molecule has 0 spiro atoms. The number of hydrogen-bond acceptors (Lipinski definition) is 2. The van der Waals surface area contributed by atoms with Crippen LogP contribution < -0.4 is 10.6 Å². The van der Waals surface area contributed by atoms with E-state index in [-0.39, 0.29) is 0 Å². The van der Waals surface area contributed by atoms with Crippen molar-refractivity contribution in [1.82, 2.24) is 0 Å². The third-order valence-electron chi connectivity index (χ3n) is 3.76. The van der Waals surface area contributed by atoms with E-state index in [1.807, 2.05) is 6.07 Å². The second-order valence-electron chi connectivity index (χ2n) is 5.70. The molecule has 0 saturated carbocycles. The summed E-state index contributed by atoms with van der Waals surface area (Å²) in [5.74, 6) is 0. The van der Waals surface area contributed by atoms with Gasteiger partial charge in [0.05, 0.1) is 0 Å². The Balaban J connectivity index is 2.29. The molecule has 0 saturated heterocycles. The molecule has 0 aliphatic carbocycles. The molecule has 0 radical (unpaired) electrons. The number of rotatable bonds is 11. The van der Waals surface area contributed by atoms with Gasteiger partial charge in [-0.05, 0) is 31.0 Å². The number of unbranched alkanes of at least 4 members (excludes halogenated alkanes) is 6. The van der Waals surface area contributed by atoms with E-state index in [0.29, 0.717) is 0 Å². The fraction of sp³-hybridized carbons (Fsp3) is 0.667. The first-order chi connectivity index (χ1) is 9.77. The first-order valence-corrected chi connectivity index (χ1v) is 8.38. The van der Waals surface area contributed by atoms with Crippen molar-refractivity contribution >= 4 is 11.4 Å². The van der Waals surface area contributed by atoms with E-state index in [1.165, 1.54) is 57.1 Å². The van der Waals surface area contributed by atoms with Crippen molar-refractivity contribution in [2.24, 2.45) is 0 Å². The summed E-state index contributed by atoms with van der Waals surface area (Å²) in [6.07, 6.45) is 10.8. The lowest BCUT2D eigenvalue weighted by Gasteiger charge is -2.24. The van der Waals surface area contributed by atoms with Crippen LogP contribution in [0, 0.1) is 0 Å². The van der Waals surface area contributed by atoms with Gasteiger partial charge in [-0.2, -0.15) is 0 Å². The number of hydrogen-bond donors (Lipinski definition) is 1. The molecule has 1 aromatic carbocycles. The molecule has 0 aromatic heterocycles. The maximum atomic E-state index is 5.89. The summed E-state index contributed by atoms with van der Waals surface area (Å²) in [5, 5.41) is 0. The number of anilines is 2. The number of nitrogen functional groups attached to an aromatic ring is 1. The number of benzene rings is 1. The average molecular weight is 276 g/mol. The first-order valence-electron chi connectivity index (χ1n) is 8.38. The van der Waals surface area contributed by atoms with Crippen molar-refractivity contribution in [2.45, 2.75) is 65.2 Å². The maximum absolute atomic E-state index is 5.89. The average Bonchev–Trinajstić information content (AvgIpc) is 2.45. The Morgan fingerprint density at radius 1 is 0.850 bits per heavy atom. The highest BCUT2D eigenvalue weighted by Gasteiger charge is 2.05. The van der Waals surface area contributed by atoms with Gasteiger partial charge in [0, 0.05) is 24.5 Å². The van der Waals surface area contributed by atoms with Crippen molar-refractivity contribution in [2.75, 3.05) is 23.7 Å². The molecule has 1 rings (SSSR count). The van der Waals surface area contributed by atoms with Crippen LogP contribution >= 0.6 is 0 Å². The minimum atomic E-state index is 0.864. The molecule has 0 unspecified atom stereocenters. The fourth-order valence-corrected chi connectivity index (χ4v) is 2.62. The molecule has 0 fully saturated rings. The first kappa shape index (κ1) is 16.9. The molecular weight excluding hydrogens is 244 g/mol. The molecule has 0 heterocycles. The minimum Gasteiger partial charge on any atom is -0.399 e. The predicted molar refractivity (Wildman–Crippen MR) is 91.4 cm³/mol.